The van der Waals surface area contributed by atoms with Gasteiger partial charge in [-0.15, -0.1) is 0 Å². The van der Waals surface area contributed by atoms with E-state index in [0.29, 0.717) is 12.1 Å². The Morgan fingerprint density at radius 1 is 1.12 bits per heavy atom. The fourth-order valence-corrected chi connectivity index (χ4v) is 4.23. The maximum absolute atomic E-state index is 10.2. The van der Waals surface area contributed by atoms with Gasteiger partial charge in [0.25, 0.3) is 0 Å². The molecule has 6 heteroatoms. The van der Waals surface area contributed by atoms with Gasteiger partial charge < -0.3 is 10.4 Å². The van der Waals surface area contributed by atoms with Gasteiger partial charge in [0.05, 0.1) is 24.2 Å². The van der Waals surface area contributed by atoms with Crippen molar-refractivity contribution >= 4 is 5.65 Å². The van der Waals surface area contributed by atoms with E-state index in [2.05, 4.69) is 24.6 Å². The summed E-state index contributed by atoms with van der Waals surface area (Å²) < 4.78 is 2.09. The lowest BCUT2D eigenvalue weighted by Crippen LogP contribution is -2.51. The highest BCUT2D eigenvalue weighted by atomic mass is 16.3. The number of aromatic nitrogens is 3. The van der Waals surface area contributed by atoms with E-state index < -0.39 is 0 Å². The molecule has 24 heavy (non-hydrogen) atoms. The third-order valence-electron chi connectivity index (χ3n) is 5.66. The molecule has 0 amide bonds. The van der Waals surface area contributed by atoms with Gasteiger partial charge in [-0.05, 0) is 25.7 Å². The molecule has 2 aromatic heterocycles. The van der Waals surface area contributed by atoms with E-state index in [9.17, 15) is 5.11 Å². The number of aliphatic hydroxyl groups is 1. The largest absolute Gasteiger partial charge is 0.391 e. The fraction of sp³-hybridized carbons (Fsp3) is 0.667. The molecule has 1 saturated heterocycles. The first kappa shape index (κ1) is 16.0. The predicted molar refractivity (Wildman–Crippen MR) is 92.7 cm³/mol. The molecular weight excluding hydrogens is 302 g/mol. The highest BCUT2D eigenvalue weighted by molar-refractivity contribution is 5.36. The summed E-state index contributed by atoms with van der Waals surface area (Å²) in [5.41, 5.74) is 2.08. The zero-order valence-electron chi connectivity index (χ0n) is 14.1. The second-order valence-corrected chi connectivity index (χ2v) is 7.16. The minimum Gasteiger partial charge on any atom is -0.391 e. The van der Waals surface area contributed by atoms with E-state index in [0.717, 1.165) is 51.0 Å². The molecule has 1 saturated carbocycles. The number of fused-ring (bicyclic) bond motifs is 1. The second kappa shape index (κ2) is 7.17. The standard InChI is InChI=1S/C18H27N5O/c24-17-4-2-1-3-16(17)22-8-5-14(6-9-22)20-11-15-12-21-18-13-19-7-10-23(15)18/h7,10,12-14,16-17,20,24H,1-6,8-9,11H2. The SMILES string of the molecule is OC1CCCCC1N1CCC(NCc2cnc3cnccn23)CC1. The molecule has 2 atom stereocenters. The molecule has 4 rings (SSSR count). The van der Waals surface area contributed by atoms with Gasteiger partial charge >= 0.3 is 0 Å². The molecule has 1 aliphatic carbocycles. The van der Waals surface area contributed by atoms with Crippen LogP contribution in [-0.4, -0.2) is 55.7 Å². The van der Waals surface area contributed by atoms with Gasteiger partial charge in [-0.25, -0.2) is 4.98 Å². The number of likely N-dealkylation sites (tertiary alicyclic amines) is 1. The Morgan fingerprint density at radius 3 is 2.79 bits per heavy atom. The monoisotopic (exact) mass is 329 g/mol. The Hall–Kier alpha value is -1.50. The molecule has 130 valence electrons. The maximum Gasteiger partial charge on any atom is 0.155 e. The Morgan fingerprint density at radius 2 is 1.96 bits per heavy atom. The van der Waals surface area contributed by atoms with E-state index in [4.69, 9.17) is 0 Å². The van der Waals surface area contributed by atoms with E-state index >= 15 is 0 Å². The topological polar surface area (TPSA) is 65.7 Å². The summed E-state index contributed by atoms with van der Waals surface area (Å²) >= 11 is 0. The molecule has 1 aliphatic heterocycles. The molecule has 2 aliphatic rings. The van der Waals surface area contributed by atoms with Crippen LogP contribution in [0.25, 0.3) is 5.65 Å². The summed E-state index contributed by atoms with van der Waals surface area (Å²) in [7, 11) is 0. The Balaban J connectivity index is 1.29. The van der Waals surface area contributed by atoms with E-state index in [1.54, 1.807) is 12.4 Å². The first-order valence-electron chi connectivity index (χ1n) is 9.23. The van der Waals surface area contributed by atoms with Crippen LogP contribution in [0.2, 0.25) is 0 Å². The average Bonchev–Trinajstić information content (AvgIpc) is 3.04. The Bertz CT molecular complexity index is 664. The minimum absolute atomic E-state index is 0.116. The van der Waals surface area contributed by atoms with Crippen molar-refractivity contribution in [3.63, 3.8) is 0 Å². The minimum atomic E-state index is -0.116. The zero-order chi connectivity index (χ0) is 16.4. The lowest BCUT2D eigenvalue weighted by Gasteiger charge is -2.41. The van der Waals surface area contributed by atoms with Crippen LogP contribution in [-0.2, 0) is 6.54 Å². The number of nitrogens with zero attached hydrogens (tertiary/aromatic N) is 4. The van der Waals surface area contributed by atoms with Crippen LogP contribution >= 0.6 is 0 Å². The van der Waals surface area contributed by atoms with Crippen LogP contribution in [0.1, 0.15) is 44.2 Å². The van der Waals surface area contributed by atoms with Crippen LogP contribution in [0, 0.1) is 0 Å². The molecule has 2 aromatic rings. The highest BCUT2D eigenvalue weighted by Gasteiger charge is 2.31. The molecule has 6 nitrogen and oxygen atoms in total. The molecule has 0 spiro atoms. The lowest BCUT2D eigenvalue weighted by molar-refractivity contribution is 0.00712. The van der Waals surface area contributed by atoms with Crippen molar-refractivity contribution in [3.05, 3.63) is 30.5 Å². The first-order valence-corrected chi connectivity index (χ1v) is 9.23. The Kier molecular flexibility index (Phi) is 4.78. The molecule has 2 fully saturated rings. The van der Waals surface area contributed by atoms with Crippen molar-refractivity contribution in [2.24, 2.45) is 0 Å². The van der Waals surface area contributed by atoms with Crippen molar-refractivity contribution < 1.29 is 5.11 Å². The molecule has 0 bridgehead atoms. The van der Waals surface area contributed by atoms with Crippen molar-refractivity contribution in [2.45, 2.75) is 63.3 Å². The fourth-order valence-electron chi connectivity index (χ4n) is 4.23. The number of piperidine rings is 1. The molecule has 2 N–H and O–H groups in total. The number of imidazole rings is 1. The van der Waals surface area contributed by atoms with Crippen LogP contribution in [0.3, 0.4) is 0 Å². The van der Waals surface area contributed by atoms with Crippen molar-refractivity contribution in [2.75, 3.05) is 13.1 Å². The van der Waals surface area contributed by atoms with Crippen LogP contribution < -0.4 is 5.32 Å². The quantitative estimate of drug-likeness (QED) is 0.892. The summed E-state index contributed by atoms with van der Waals surface area (Å²) in [6, 6.07) is 0.945. The third-order valence-corrected chi connectivity index (χ3v) is 5.66. The average molecular weight is 329 g/mol. The summed E-state index contributed by atoms with van der Waals surface area (Å²) in [5, 5.41) is 13.9. The predicted octanol–water partition coefficient (Wildman–Crippen LogP) is 1.59. The Labute approximate surface area is 142 Å². The van der Waals surface area contributed by atoms with Crippen LogP contribution in [0.5, 0.6) is 0 Å². The number of hydrogen-bond acceptors (Lipinski definition) is 5. The van der Waals surface area contributed by atoms with Gasteiger partial charge in [-0.3, -0.25) is 14.3 Å². The normalized spacial score (nSPS) is 26.9. The summed E-state index contributed by atoms with van der Waals surface area (Å²) in [6.45, 7) is 3.02. The van der Waals surface area contributed by atoms with Gasteiger partial charge in [0, 0.05) is 44.1 Å². The zero-order valence-corrected chi connectivity index (χ0v) is 14.1. The lowest BCUT2D eigenvalue weighted by atomic mass is 9.89. The molecule has 3 heterocycles. The second-order valence-electron chi connectivity index (χ2n) is 7.16. The van der Waals surface area contributed by atoms with Gasteiger partial charge in [0.15, 0.2) is 5.65 Å². The van der Waals surface area contributed by atoms with Crippen molar-refractivity contribution in [3.8, 4) is 0 Å². The smallest absolute Gasteiger partial charge is 0.155 e. The van der Waals surface area contributed by atoms with Crippen molar-refractivity contribution in [1.29, 1.82) is 0 Å². The molecule has 2 unspecified atom stereocenters. The van der Waals surface area contributed by atoms with E-state index in [1.807, 2.05) is 12.4 Å². The highest BCUT2D eigenvalue weighted by Crippen LogP contribution is 2.26. The van der Waals surface area contributed by atoms with E-state index in [1.165, 1.54) is 18.5 Å². The first-order chi connectivity index (χ1) is 11.8. The van der Waals surface area contributed by atoms with Crippen LogP contribution in [0.15, 0.2) is 24.8 Å². The van der Waals surface area contributed by atoms with Crippen molar-refractivity contribution in [1.82, 2.24) is 24.6 Å². The van der Waals surface area contributed by atoms with Gasteiger partial charge in [-0.1, -0.05) is 12.8 Å². The maximum atomic E-state index is 10.2. The molecule has 0 aromatic carbocycles. The summed E-state index contributed by atoms with van der Waals surface area (Å²) in [5.74, 6) is 0. The van der Waals surface area contributed by atoms with Crippen LogP contribution in [0.4, 0.5) is 0 Å². The van der Waals surface area contributed by atoms with E-state index in [-0.39, 0.29) is 6.10 Å². The summed E-state index contributed by atoms with van der Waals surface area (Å²) in [6.07, 6.45) is 14.3. The number of hydrogen-bond donors (Lipinski definition) is 2. The van der Waals surface area contributed by atoms with Gasteiger partial charge in [0.2, 0.25) is 0 Å². The van der Waals surface area contributed by atoms with Gasteiger partial charge in [0.1, 0.15) is 0 Å². The van der Waals surface area contributed by atoms with Gasteiger partial charge in [-0.2, -0.15) is 0 Å². The number of nitrogens with one attached hydrogen (secondary N) is 1. The number of rotatable bonds is 4. The molecule has 0 radical (unpaired) electrons. The third kappa shape index (κ3) is 3.31. The molecular formula is C18H27N5O. The summed E-state index contributed by atoms with van der Waals surface area (Å²) in [4.78, 5) is 11.0. The number of aliphatic hydroxyl groups excluding tert-OH is 1.